The van der Waals surface area contributed by atoms with Crippen LogP contribution in [0.25, 0.3) is 0 Å². The molecule has 0 fully saturated rings. The maximum atomic E-state index is 10.7. The standard InChI is InChI=1S/C44H68O4/c1-32(2)18-12-19-33(3)20-13-21-34(4)22-14-23-35(5)24-15-25-36(6)26-16-27-37(7)28-17-29-38(8)30-31-40-39(9)41(45)43(47-10)44(48-11)42(40)46/h18,20,22,24,26,28,30,45-46H,12-17,19,21,23,25,27,29,31H2,1-11H3/b33-20-,34-22+,35-24+,36-26+,37-28+,38-30+. The minimum atomic E-state index is 0.00678. The van der Waals surface area contributed by atoms with Gasteiger partial charge in [-0.2, -0.15) is 0 Å². The van der Waals surface area contributed by atoms with Crippen LogP contribution in [-0.2, 0) is 6.42 Å². The molecular formula is C44H68O4. The molecule has 0 aliphatic heterocycles. The Kier molecular flexibility index (Phi) is 21.2. The van der Waals surface area contributed by atoms with Crippen molar-refractivity contribution < 1.29 is 19.7 Å². The van der Waals surface area contributed by atoms with Gasteiger partial charge in [-0.3, -0.25) is 0 Å². The molecule has 0 aliphatic rings. The van der Waals surface area contributed by atoms with E-state index in [1.54, 1.807) is 6.92 Å². The van der Waals surface area contributed by atoms with Crippen LogP contribution in [0.15, 0.2) is 81.5 Å². The van der Waals surface area contributed by atoms with Crippen molar-refractivity contribution in [2.45, 2.75) is 146 Å². The molecule has 48 heavy (non-hydrogen) atoms. The van der Waals surface area contributed by atoms with E-state index in [9.17, 15) is 10.2 Å². The highest BCUT2D eigenvalue weighted by molar-refractivity contribution is 5.66. The summed E-state index contributed by atoms with van der Waals surface area (Å²) in [5, 5.41) is 21.2. The highest BCUT2D eigenvalue weighted by atomic mass is 16.5. The minimum absolute atomic E-state index is 0.00678. The summed E-state index contributed by atoms with van der Waals surface area (Å²) in [5.41, 5.74) is 11.3. The molecule has 4 heteroatoms. The number of hydrogen-bond donors (Lipinski definition) is 2. The Morgan fingerprint density at radius 2 is 0.750 bits per heavy atom. The number of methoxy groups -OCH3 is 2. The summed E-state index contributed by atoms with van der Waals surface area (Å²) in [5.74, 6) is 0.357. The number of hydrogen-bond acceptors (Lipinski definition) is 4. The molecular weight excluding hydrogens is 592 g/mol. The fourth-order valence-electron chi connectivity index (χ4n) is 5.68. The first-order chi connectivity index (χ1) is 22.8. The predicted molar refractivity (Wildman–Crippen MR) is 209 cm³/mol. The minimum Gasteiger partial charge on any atom is -0.504 e. The van der Waals surface area contributed by atoms with Crippen molar-refractivity contribution in [1.82, 2.24) is 0 Å². The third-order valence-electron chi connectivity index (χ3n) is 9.04. The summed E-state index contributed by atoms with van der Waals surface area (Å²) in [6, 6.07) is 0. The van der Waals surface area contributed by atoms with E-state index < -0.39 is 0 Å². The average Bonchev–Trinajstić information content (AvgIpc) is 3.02. The smallest absolute Gasteiger partial charge is 0.207 e. The van der Waals surface area contributed by atoms with Gasteiger partial charge in [0.05, 0.1) is 14.2 Å². The van der Waals surface area contributed by atoms with E-state index in [1.165, 1.54) is 66.1 Å². The molecule has 4 nitrogen and oxygen atoms in total. The van der Waals surface area contributed by atoms with Crippen LogP contribution in [0.3, 0.4) is 0 Å². The number of allylic oxidation sites excluding steroid dienone is 14. The molecule has 1 aromatic carbocycles. The Hall–Kier alpha value is -3.40. The largest absolute Gasteiger partial charge is 0.504 e. The van der Waals surface area contributed by atoms with Crippen LogP contribution >= 0.6 is 0 Å². The van der Waals surface area contributed by atoms with Crippen LogP contribution in [0.1, 0.15) is 144 Å². The normalized spacial score (nSPS) is 13.6. The molecule has 0 amide bonds. The van der Waals surface area contributed by atoms with Crippen molar-refractivity contribution in [3.63, 3.8) is 0 Å². The van der Waals surface area contributed by atoms with Gasteiger partial charge in [-0.05, 0) is 146 Å². The zero-order chi connectivity index (χ0) is 36.1. The molecule has 1 rings (SSSR count). The summed E-state index contributed by atoms with van der Waals surface area (Å²) in [6.07, 6.45) is 30.3. The first-order valence-corrected chi connectivity index (χ1v) is 18.0. The van der Waals surface area contributed by atoms with Crippen LogP contribution in [0.5, 0.6) is 23.0 Å². The maximum Gasteiger partial charge on any atom is 0.207 e. The predicted octanol–water partition coefficient (Wildman–Crippen LogP) is 13.3. The Bertz CT molecular complexity index is 1360. The third kappa shape index (κ3) is 17.1. The number of phenols is 2. The van der Waals surface area contributed by atoms with Crippen LogP contribution in [0.2, 0.25) is 0 Å². The fraction of sp³-hybridized carbons (Fsp3) is 0.545. The average molecular weight is 661 g/mol. The first kappa shape index (κ1) is 42.6. The molecule has 1 aromatic rings. The van der Waals surface area contributed by atoms with Crippen LogP contribution in [-0.4, -0.2) is 24.4 Å². The molecule has 0 aliphatic carbocycles. The number of benzene rings is 1. The zero-order valence-corrected chi connectivity index (χ0v) is 32.4. The second kappa shape index (κ2) is 23.8. The lowest BCUT2D eigenvalue weighted by Gasteiger charge is -2.17. The molecule has 0 spiro atoms. The molecule has 0 unspecified atom stereocenters. The van der Waals surface area contributed by atoms with E-state index in [-0.39, 0.29) is 23.0 Å². The van der Waals surface area contributed by atoms with Gasteiger partial charge < -0.3 is 19.7 Å². The van der Waals surface area contributed by atoms with Gasteiger partial charge in [0.2, 0.25) is 11.5 Å². The first-order valence-electron chi connectivity index (χ1n) is 18.0. The molecule has 0 bridgehead atoms. The Labute approximate surface area is 294 Å². The number of rotatable bonds is 22. The number of aromatic hydroxyl groups is 2. The van der Waals surface area contributed by atoms with Gasteiger partial charge in [0.25, 0.3) is 0 Å². The van der Waals surface area contributed by atoms with Crippen LogP contribution in [0, 0.1) is 6.92 Å². The van der Waals surface area contributed by atoms with Gasteiger partial charge in [0, 0.05) is 11.1 Å². The van der Waals surface area contributed by atoms with E-state index in [4.69, 9.17) is 9.47 Å². The molecule has 0 saturated heterocycles. The molecule has 0 atom stereocenters. The van der Waals surface area contributed by atoms with Gasteiger partial charge in [0.1, 0.15) is 0 Å². The third-order valence-corrected chi connectivity index (χ3v) is 9.04. The van der Waals surface area contributed by atoms with Gasteiger partial charge in [-0.25, -0.2) is 0 Å². The summed E-state index contributed by atoms with van der Waals surface area (Å²) < 4.78 is 10.5. The van der Waals surface area contributed by atoms with Crippen molar-refractivity contribution in [2.75, 3.05) is 14.2 Å². The quantitative estimate of drug-likeness (QED) is 0.0960. The summed E-state index contributed by atoms with van der Waals surface area (Å²) in [7, 11) is 2.91. The molecule has 0 aromatic heterocycles. The fourth-order valence-corrected chi connectivity index (χ4v) is 5.68. The van der Waals surface area contributed by atoms with Gasteiger partial charge in [0.15, 0.2) is 11.5 Å². The van der Waals surface area contributed by atoms with E-state index in [0.29, 0.717) is 17.5 Å². The van der Waals surface area contributed by atoms with E-state index in [2.05, 4.69) is 97.9 Å². The molecule has 268 valence electrons. The second-order valence-electron chi connectivity index (χ2n) is 13.9. The lowest BCUT2D eigenvalue weighted by Crippen LogP contribution is -1.98. The Morgan fingerprint density at radius 3 is 1.06 bits per heavy atom. The lowest BCUT2D eigenvalue weighted by atomic mass is 9.99. The van der Waals surface area contributed by atoms with E-state index in [0.717, 1.165) is 64.2 Å². The van der Waals surface area contributed by atoms with Crippen molar-refractivity contribution in [3.8, 4) is 23.0 Å². The maximum absolute atomic E-state index is 10.7. The van der Waals surface area contributed by atoms with Crippen molar-refractivity contribution >= 4 is 0 Å². The SMILES string of the molecule is COc1c(O)c(C)c(C/C=C(\C)CC/C=C(\C)CC/C=C(\C)CC/C=C(\C)CC/C=C(\C)CC/C=C(/C)CCC=C(C)C)c(O)c1OC. The number of phenolic OH excluding ortho intramolecular Hbond substituents is 2. The molecule has 2 N–H and O–H groups in total. The molecule has 0 radical (unpaired) electrons. The zero-order valence-electron chi connectivity index (χ0n) is 32.4. The monoisotopic (exact) mass is 661 g/mol. The van der Waals surface area contributed by atoms with Crippen molar-refractivity contribution in [2.24, 2.45) is 0 Å². The van der Waals surface area contributed by atoms with E-state index >= 15 is 0 Å². The Morgan fingerprint density at radius 1 is 0.458 bits per heavy atom. The second-order valence-corrected chi connectivity index (χ2v) is 13.9. The summed E-state index contributed by atoms with van der Waals surface area (Å²) >= 11 is 0. The van der Waals surface area contributed by atoms with Crippen LogP contribution < -0.4 is 9.47 Å². The van der Waals surface area contributed by atoms with Gasteiger partial charge in [-0.15, -0.1) is 0 Å². The summed E-state index contributed by atoms with van der Waals surface area (Å²) in [6.45, 7) is 19.5. The van der Waals surface area contributed by atoms with Crippen LogP contribution in [0.4, 0.5) is 0 Å². The summed E-state index contributed by atoms with van der Waals surface area (Å²) in [4.78, 5) is 0. The lowest BCUT2D eigenvalue weighted by molar-refractivity contribution is 0.314. The highest BCUT2D eigenvalue weighted by Gasteiger charge is 2.22. The van der Waals surface area contributed by atoms with E-state index in [1.807, 2.05) is 0 Å². The van der Waals surface area contributed by atoms with Gasteiger partial charge in [-0.1, -0.05) is 81.5 Å². The van der Waals surface area contributed by atoms with Crippen molar-refractivity contribution in [3.05, 3.63) is 92.7 Å². The molecule has 0 heterocycles. The molecule has 0 saturated carbocycles. The van der Waals surface area contributed by atoms with Crippen molar-refractivity contribution in [1.29, 1.82) is 0 Å². The highest BCUT2D eigenvalue weighted by Crippen LogP contribution is 2.48. The van der Waals surface area contributed by atoms with Gasteiger partial charge >= 0.3 is 0 Å². The topological polar surface area (TPSA) is 58.9 Å². The Balaban J connectivity index is 2.40. The number of ether oxygens (including phenoxy) is 2.